The molecule has 1 aliphatic rings. The van der Waals surface area contributed by atoms with Gasteiger partial charge in [0.25, 0.3) is 0 Å². The number of thioether (sulfide) groups is 1. The Morgan fingerprint density at radius 2 is 2.20 bits per heavy atom. The SMILES string of the molecule is CCC(N)CCCSC1CCCC(C)C1. The van der Waals surface area contributed by atoms with Gasteiger partial charge in [-0.25, -0.2) is 0 Å². The van der Waals surface area contributed by atoms with E-state index in [0.29, 0.717) is 6.04 Å². The van der Waals surface area contributed by atoms with Crippen LogP contribution in [-0.4, -0.2) is 17.0 Å². The molecule has 1 saturated carbocycles. The highest BCUT2D eigenvalue weighted by Gasteiger charge is 2.18. The molecule has 0 aromatic carbocycles. The lowest BCUT2D eigenvalue weighted by Gasteiger charge is -2.26. The van der Waals surface area contributed by atoms with Crippen LogP contribution in [0.15, 0.2) is 0 Å². The van der Waals surface area contributed by atoms with Crippen LogP contribution in [0.1, 0.15) is 58.8 Å². The lowest BCUT2D eigenvalue weighted by molar-refractivity contribution is 0.394. The summed E-state index contributed by atoms with van der Waals surface area (Å²) in [6.45, 7) is 4.58. The Kier molecular flexibility index (Phi) is 6.74. The number of hydrogen-bond donors (Lipinski definition) is 1. The Morgan fingerprint density at radius 3 is 2.87 bits per heavy atom. The van der Waals surface area contributed by atoms with Gasteiger partial charge in [0.05, 0.1) is 0 Å². The first-order valence-electron chi connectivity index (χ1n) is 6.59. The van der Waals surface area contributed by atoms with Crippen LogP contribution in [0, 0.1) is 5.92 Å². The third-order valence-electron chi connectivity index (χ3n) is 3.49. The van der Waals surface area contributed by atoms with Gasteiger partial charge in [-0.2, -0.15) is 11.8 Å². The molecule has 0 saturated heterocycles. The van der Waals surface area contributed by atoms with Crippen molar-refractivity contribution < 1.29 is 0 Å². The lowest BCUT2D eigenvalue weighted by atomic mass is 9.91. The molecule has 3 unspecified atom stereocenters. The second-order valence-corrected chi connectivity index (χ2v) is 6.48. The van der Waals surface area contributed by atoms with E-state index in [1.54, 1.807) is 0 Å². The number of nitrogens with two attached hydrogens (primary N) is 1. The van der Waals surface area contributed by atoms with Gasteiger partial charge in [0, 0.05) is 11.3 Å². The molecular formula is C13H27NS. The molecule has 1 fully saturated rings. The van der Waals surface area contributed by atoms with E-state index in [2.05, 4.69) is 25.6 Å². The minimum absolute atomic E-state index is 0.441. The van der Waals surface area contributed by atoms with Gasteiger partial charge in [-0.15, -0.1) is 0 Å². The molecule has 1 rings (SSSR count). The molecule has 0 heterocycles. The number of rotatable bonds is 6. The highest BCUT2D eigenvalue weighted by molar-refractivity contribution is 7.99. The second kappa shape index (κ2) is 7.56. The molecule has 0 aliphatic heterocycles. The Labute approximate surface area is 99.6 Å². The predicted molar refractivity (Wildman–Crippen MR) is 71.4 cm³/mol. The van der Waals surface area contributed by atoms with Gasteiger partial charge in [-0.3, -0.25) is 0 Å². The summed E-state index contributed by atoms with van der Waals surface area (Å²) in [6.07, 6.45) is 9.46. The molecule has 1 aliphatic carbocycles. The van der Waals surface area contributed by atoms with Gasteiger partial charge >= 0.3 is 0 Å². The topological polar surface area (TPSA) is 26.0 Å². The van der Waals surface area contributed by atoms with E-state index in [9.17, 15) is 0 Å². The Balaban J connectivity index is 1.99. The van der Waals surface area contributed by atoms with Crippen LogP contribution in [0.2, 0.25) is 0 Å². The standard InChI is InChI=1S/C13H27NS/c1-3-12(14)7-5-9-15-13-8-4-6-11(2)10-13/h11-13H,3-10,14H2,1-2H3. The van der Waals surface area contributed by atoms with Gasteiger partial charge in [-0.1, -0.05) is 26.7 Å². The Morgan fingerprint density at radius 1 is 1.40 bits per heavy atom. The van der Waals surface area contributed by atoms with E-state index >= 15 is 0 Å². The van der Waals surface area contributed by atoms with E-state index in [-0.39, 0.29) is 0 Å². The predicted octanol–water partition coefficient (Wildman–Crippen LogP) is 3.82. The second-order valence-electron chi connectivity index (χ2n) is 5.08. The highest BCUT2D eigenvalue weighted by Crippen LogP contribution is 2.32. The third-order valence-corrected chi connectivity index (χ3v) is 4.91. The van der Waals surface area contributed by atoms with E-state index < -0.39 is 0 Å². The van der Waals surface area contributed by atoms with Crippen molar-refractivity contribution in [1.82, 2.24) is 0 Å². The van der Waals surface area contributed by atoms with Crippen molar-refractivity contribution in [3.05, 3.63) is 0 Å². The van der Waals surface area contributed by atoms with Crippen LogP contribution in [-0.2, 0) is 0 Å². The summed E-state index contributed by atoms with van der Waals surface area (Å²) in [5.41, 5.74) is 5.90. The highest BCUT2D eigenvalue weighted by atomic mass is 32.2. The number of hydrogen-bond acceptors (Lipinski definition) is 2. The van der Waals surface area contributed by atoms with Crippen LogP contribution in [0.3, 0.4) is 0 Å². The summed E-state index contributed by atoms with van der Waals surface area (Å²) in [7, 11) is 0. The fourth-order valence-electron chi connectivity index (χ4n) is 2.33. The maximum atomic E-state index is 5.90. The van der Waals surface area contributed by atoms with E-state index in [1.165, 1.54) is 44.3 Å². The summed E-state index contributed by atoms with van der Waals surface area (Å²) in [4.78, 5) is 0. The normalized spacial score (nSPS) is 29.0. The Bertz CT molecular complexity index is 161. The largest absolute Gasteiger partial charge is 0.328 e. The van der Waals surface area contributed by atoms with Crippen molar-refractivity contribution in [3.8, 4) is 0 Å². The molecule has 90 valence electrons. The molecule has 0 radical (unpaired) electrons. The average Bonchev–Trinajstić information content (AvgIpc) is 2.24. The molecule has 15 heavy (non-hydrogen) atoms. The molecule has 0 aromatic rings. The van der Waals surface area contributed by atoms with Crippen molar-refractivity contribution in [2.45, 2.75) is 70.1 Å². The lowest BCUT2D eigenvalue weighted by Crippen LogP contribution is -2.19. The average molecular weight is 229 g/mol. The van der Waals surface area contributed by atoms with E-state index in [1.807, 2.05) is 0 Å². The van der Waals surface area contributed by atoms with Gasteiger partial charge in [0.1, 0.15) is 0 Å². The van der Waals surface area contributed by atoms with Gasteiger partial charge in [0.2, 0.25) is 0 Å². The summed E-state index contributed by atoms with van der Waals surface area (Å²) in [6, 6.07) is 0.441. The molecule has 1 nitrogen and oxygen atoms in total. The van der Waals surface area contributed by atoms with Crippen LogP contribution in [0.4, 0.5) is 0 Å². The van der Waals surface area contributed by atoms with Crippen molar-refractivity contribution in [2.75, 3.05) is 5.75 Å². The summed E-state index contributed by atoms with van der Waals surface area (Å²) < 4.78 is 0. The quantitative estimate of drug-likeness (QED) is 0.701. The van der Waals surface area contributed by atoms with Crippen LogP contribution >= 0.6 is 11.8 Å². The zero-order valence-electron chi connectivity index (χ0n) is 10.4. The van der Waals surface area contributed by atoms with E-state index in [4.69, 9.17) is 5.73 Å². The first kappa shape index (κ1) is 13.4. The molecular weight excluding hydrogens is 202 g/mol. The van der Waals surface area contributed by atoms with Crippen molar-refractivity contribution in [1.29, 1.82) is 0 Å². The molecule has 0 amide bonds. The molecule has 3 atom stereocenters. The zero-order valence-corrected chi connectivity index (χ0v) is 11.2. The van der Waals surface area contributed by atoms with Gasteiger partial charge < -0.3 is 5.73 Å². The van der Waals surface area contributed by atoms with Crippen LogP contribution < -0.4 is 5.73 Å². The zero-order chi connectivity index (χ0) is 11.1. The first-order chi connectivity index (χ1) is 7.22. The maximum Gasteiger partial charge on any atom is 0.00495 e. The van der Waals surface area contributed by atoms with E-state index in [0.717, 1.165) is 17.6 Å². The summed E-state index contributed by atoms with van der Waals surface area (Å²) in [5.74, 6) is 2.29. The molecule has 2 N–H and O–H groups in total. The molecule has 0 spiro atoms. The fraction of sp³-hybridized carbons (Fsp3) is 1.00. The van der Waals surface area contributed by atoms with Gasteiger partial charge in [-0.05, 0) is 43.8 Å². The summed E-state index contributed by atoms with van der Waals surface area (Å²) in [5, 5.41) is 0.951. The monoisotopic (exact) mass is 229 g/mol. The van der Waals surface area contributed by atoms with Crippen LogP contribution in [0.5, 0.6) is 0 Å². The van der Waals surface area contributed by atoms with Crippen molar-refractivity contribution in [2.24, 2.45) is 11.7 Å². The smallest absolute Gasteiger partial charge is 0.00495 e. The summed E-state index contributed by atoms with van der Waals surface area (Å²) >= 11 is 2.20. The minimum Gasteiger partial charge on any atom is -0.328 e. The van der Waals surface area contributed by atoms with Crippen molar-refractivity contribution in [3.63, 3.8) is 0 Å². The van der Waals surface area contributed by atoms with Crippen molar-refractivity contribution >= 4 is 11.8 Å². The first-order valence-corrected chi connectivity index (χ1v) is 7.64. The van der Waals surface area contributed by atoms with Crippen LogP contribution in [0.25, 0.3) is 0 Å². The Hall–Kier alpha value is 0.310. The maximum absolute atomic E-state index is 5.90. The van der Waals surface area contributed by atoms with Gasteiger partial charge in [0.15, 0.2) is 0 Å². The third kappa shape index (κ3) is 5.82. The molecule has 0 aromatic heterocycles. The molecule has 0 bridgehead atoms. The minimum atomic E-state index is 0.441. The fourth-order valence-corrected chi connectivity index (χ4v) is 3.79. The molecule has 2 heteroatoms.